The third-order valence-electron chi connectivity index (χ3n) is 5.30. The van der Waals surface area contributed by atoms with Gasteiger partial charge in [0.25, 0.3) is 0 Å². The molecular weight excluding hydrogens is 328 g/mol. The Balaban J connectivity index is 2.37. The summed E-state index contributed by atoms with van der Waals surface area (Å²) in [7, 11) is 1.41. The molecule has 0 heterocycles. The largest absolute Gasteiger partial charge is 0.469 e. The molecule has 1 aliphatic rings. The monoisotopic (exact) mass is 362 g/mol. The molecule has 0 spiro atoms. The molecule has 4 heteroatoms. The maximum atomic E-state index is 12.2. The molecule has 0 aromatic carbocycles. The number of hydrogen-bond acceptors (Lipinski definition) is 4. The lowest BCUT2D eigenvalue weighted by Gasteiger charge is -2.20. The van der Waals surface area contributed by atoms with Crippen LogP contribution < -0.4 is 0 Å². The molecule has 26 heavy (non-hydrogen) atoms. The van der Waals surface area contributed by atoms with Gasteiger partial charge in [0.1, 0.15) is 11.4 Å². The van der Waals surface area contributed by atoms with Crippen LogP contribution in [0.5, 0.6) is 0 Å². The number of allylic oxidation sites excluding steroid dienone is 1. The second kappa shape index (κ2) is 11.9. The van der Waals surface area contributed by atoms with E-state index in [1.165, 1.54) is 7.11 Å². The van der Waals surface area contributed by atoms with Crippen molar-refractivity contribution in [2.45, 2.75) is 83.2 Å². The highest BCUT2D eigenvalue weighted by atomic mass is 16.5. The molecule has 4 nitrogen and oxygen atoms in total. The van der Waals surface area contributed by atoms with Crippen LogP contribution in [0.1, 0.15) is 77.6 Å². The highest BCUT2D eigenvalue weighted by Crippen LogP contribution is 2.34. The number of Topliss-reactive ketones (excluding diaryl/α,β-unsaturated/α-hetero) is 1. The van der Waals surface area contributed by atoms with Gasteiger partial charge in [-0.05, 0) is 31.6 Å². The number of ether oxygens (including phenoxy) is 1. The summed E-state index contributed by atoms with van der Waals surface area (Å²) in [6.07, 6.45) is 18.2. The Hall–Kier alpha value is -1.60. The molecule has 1 fully saturated rings. The van der Waals surface area contributed by atoms with Crippen molar-refractivity contribution in [2.75, 3.05) is 7.11 Å². The van der Waals surface area contributed by atoms with Crippen LogP contribution in [-0.4, -0.2) is 29.6 Å². The quantitative estimate of drug-likeness (QED) is 0.244. The summed E-state index contributed by atoms with van der Waals surface area (Å²) < 4.78 is 4.63. The van der Waals surface area contributed by atoms with E-state index in [1.807, 2.05) is 13.0 Å². The fourth-order valence-electron chi connectivity index (χ4n) is 3.71. The van der Waals surface area contributed by atoms with Crippen LogP contribution in [0.2, 0.25) is 0 Å². The van der Waals surface area contributed by atoms with E-state index in [-0.39, 0.29) is 17.8 Å². The third kappa shape index (κ3) is 7.74. The molecule has 1 rings (SSSR count). The number of methoxy groups -OCH3 is 1. The van der Waals surface area contributed by atoms with Gasteiger partial charge in [0.15, 0.2) is 0 Å². The maximum absolute atomic E-state index is 12.2. The molecular formula is C22H34O4. The highest BCUT2D eigenvalue weighted by Gasteiger charge is 2.32. The molecule has 1 N–H and O–H groups in total. The topological polar surface area (TPSA) is 63.6 Å². The second-order valence-electron chi connectivity index (χ2n) is 7.36. The Bertz CT molecular complexity index is 517. The van der Waals surface area contributed by atoms with Gasteiger partial charge in [-0.15, -0.1) is 6.42 Å². The predicted octanol–water partition coefficient (Wildman–Crippen LogP) is 4.21. The number of carbonyl (C=O) groups excluding carboxylic acids is 2. The molecule has 146 valence electrons. The second-order valence-corrected chi connectivity index (χ2v) is 7.36. The van der Waals surface area contributed by atoms with Gasteiger partial charge in [-0.1, -0.05) is 50.7 Å². The minimum absolute atomic E-state index is 0.0944. The van der Waals surface area contributed by atoms with Crippen LogP contribution in [0.25, 0.3) is 0 Å². The molecule has 0 radical (unpaired) electrons. The SMILES string of the molecule is C#CC(O)(CC=C[C@H]1CCC(=O)[C@@H]1CCCCCCC(=O)OC)CCC. The summed E-state index contributed by atoms with van der Waals surface area (Å²) >= 11 is 0. The zero-order valence-corrected chi connectivity index (χ0v) is 16.3. The normalized spacial score (nSPS) is 22.3. The summed E-state index contributed by atoms with van der Waals surface area (Å²) in [5.41, 5.74) is -1.07. The lowest BCUT2D eigenvalue weighted by Crippen LogP contribution is -2.25. The number of carbonyl (C=O) groups is 2. The lowest BCUT2D eigenvalue weighted by molar-refractivity contribution is -0.140. The Kier molecular flexibility index (Phi) is 10.3. The lowest BCUT2D eigenvalue weighted by atomic mass is 9.88. The van der Waals surface area contributed by atoms with Crippen molar-refractivity contribution in [3.8, 4) is 12.3 Å². The van der Waals surface area contributed by atoms with Gasteiger partial charge in [-0.3, -0.25) is 9.59 Å². The fraction of sp³-hybridized carbons (Fsp3) is 0.727. The number of ketones is 1. The molecule has 1 unspecified atom stereocenters. The minimum atomic E-state index is -1.07. The van der Waals surface area contributed by atoms with Crippen LogP contribution in [0.15, 0.2) is 12.2 Å². The number of aliphatic hydroxyl groups is 1. The van der Waals surface area contributed by atoms with Gasteiger partial charge in [0.2, 0.25) is 0 Å². The maximum Gasteiger partial charge on any atom is 0.305 e. The van der Waals surface area contributed by atoms with Gasteiger partial charge in [0, 0.05) is 25.2 Å². The summed E-state index contributed by atoms with van der Waals surface area (Å²) in [6.45, 7) is 2.00. The van der Waals surface area contributed by atoms with Gasteiger partial charge in [-0.25, -0.2) is 0 Å². The van der Waals surface area contributed by atoms with Crippen molar-refractivity contribution in [1.29, 1.82) is 0 Å². The van der Waals surface area contributed by atoms with E-state index in [0.717, 1.165) is 44.9 Å². The summed E-state index contributed by atoms with van der Waals surface area (Å²) in [5, 5.41) is 10.3. The summed E-state index contributed by atoms with van der Waals surface area (Å²) in [4.78, 5) is 23.2. The molecule has 0 bridgehead atoms. The first-order chi connectivity index (χ1) is 12.5. The van der Waals surface area contributed by atoms with Gasteiger partial charge in [-0.2, -0.15) is 0 Å². The molecule has 0 saturated heterocycles. The van der Waals surface area contributed by atoms with Crippen molar-refractivity contribution in [2.24, 2.45) is 11.8 Å². The summed E-state index contributed by atoms with van der Waals surface area (Å²) in [6, 6.07) is 0. The molecule has 1 aliphatic carbocycles. The molecule has 1 saturated carbocycles. The zero-order chi connectivity index (χ0) is 19.4. The van der Waals surface area contributed by atoms with Crippen molar-refractivity contribution in [3.05, 3.63) is 12.2 Å². The number of hydrogen-bond donors (Lipinski definition) is 1. The van der Waals surface area contributed by atoms with Crippen LogP contribution in [-0.2, 0) is 14.3 Å². The minimum Gasteiger partial charge on any atom is -0.469 e. The van der Waals surface area contributed by atoms with E-state index in [4.69, 9.17) is 6.42 Å². The number of unbranched alkanes of at least 4 members (excludes halogenated alkanes) is 3. The van der Waals surface area contributed by atoms with E-state index in [2.05, 4.69) is 16.7 Å². The van der Waals surface area contributed by atoms with Gasteiger partial charge < -0.3 is 9.84 Å². The smallest absolute Gasteiger partial charge is 0.305 e. The Morgan fingerprint density at radius 3 is 2.77 bits per heavy atom. The van der Waals surface area contributed by atoms with Crippen molar-refractivity contribution < 1.29 is 19.4 Å². The predicted molar refractivity (Wildman–Crippen MR) is 103 cm³/mol. The van der Waals surface area contributed by atoms with E-state index in [9.17, 15) is 14.7 Å². The van der Waals surface area contributed by atoms with E-state index in [0.29, 0.717) is 31.5 Å². The Labute approximate surface area is 158 Å². The van der Waals surface area contributed by atoms with Crippen molar-refractivity contribution in [1.82, 2.24) is 0 Å². The first-order valence-corrected chi connectivity index (χ1v) is 9.92. The van der Waals surface area contributed by atoms with E-state index < -0.39 is 5.60 Å². The first-order valence-electron chi connectivity index (χ1n) is 9.92. The number of rotatable bonds is 12. The first kappa shape index (κ1) is 22.4. The van der Waals surface area contributed by atoms with Crippen LogP contribution in [0.4, 0.5) is 0 Å². The van der Waals surface area contributed by atoms with Gasteiger partial charge in [0.05, 0.1) is 7.11 Å². The highest BCUT2D eigenvalue weighted by molar-refractivity contribution is 5.83. The molecule has 0 aromatic heterocycles. The molecule has 0 amide bonds. The average Bonchev–Trinajstić information content (AvgIpc) is 2.98. The van der Waals surface area contributed by atoms with Gasteiger partial charge >= 0.3 is 5.97 Å². The van der Waals surface area contributed by atoms with Crippen LogP contribution in [0.3, 0.4) is 0 Å². The van der Waals surface area contributed by atoms with Crippen molar-refractivity contribution in [3.63, 3.8) is 0 Å². The Morgan fingerprint density at radius 2 is 2.12 bits per heavy atom. The number of terminal acetylenes is 1. The van der Waals surface area contributed by atoms with E-state index in [1.54, 1.807) is 0 Å². The molecule has 0 aliphatic heterocycles. The fourth-order valence-corrected chi connectivity index (χ4v) is 3.71. The van der Waals surface area contributed by atoms with Crippen LogP contribution >= 0.6 is 0 Å². The molecule has 0 aromatic rings. The van der Waals surface area contributed by atoms with E-state index >= 15 is 0 Å². The number of esters is 1. The third-order valence-corrected chi connectivity index (χ3v) is 5.30. The summed E-state index contributed by atoms with van der Waals surface area (Å²) in [5.74, 6) is 3.05. The van der Waals surface area contributed by atoms with Crippen LogP contribution in [0, 0.1) is 24.2 Å². The zero-order valence-electron chi connectivity index (χ0n) is 16.3. The van der Waals surface area contributed by atoms with Crippen molar-refractivity contribution >= 4 is 11.8 Å². The Morgan fingerprint density at radius 1 is 1.38 bits per heavy atom. The molecule has 3 atom stereocenters. The average molecular weight is 363 g/mol. The standard InChI is InChI=1S/C22H34O4/c1-4-16-22(25,5-2)17-10-11-18-14-15-20(23)19(18)12-8-6-7-9-13-21(24)26-3/h2,10-11,18-19,25H,4,6-9,12-17H2,1,3H3/t18-,19+,22?/m0/s1.